The standard InChI is InChI=1S/C16H17N3O3/c17-9-11-1-2-13-8-14(4-3-12(13)7-11)19-6-5-18(16(21)22)10-15(19)20/h1-2,7,14H,3-6,8,10H2,(H,21,22). The van der Waals surface area contributed by atoms with Gasteiger partial charge < -0.3 is 10.0 Å². The zero-order chi connectivity index (χ0) is 15.7. The third kappa shape index (κ3) is 2.62. The Morgan fingerprint density at radius 1 is 1.32 bits per heavy atom. The zero-order valence-corrected chi connectivity index (χ0v) is 12.2. The van der Waals surface area contributed by atoms with E-state index in [9.17, 15) is 9.59 Å². The van der Waals surface area contributed by atoms with Gasteiger partial charge in [-0.15, -0.1) is 0 Å². The molecule has 2 amide bonds. The number of piperazine rings is 1. The lowest BCUT2D eigenvalue weighted by atomic mass is 9.86. The number of carboxylic acid groups (broad SMARTS) is 1. The van der Waals surface area contributed by atoms with Crippen LogP contribution in [0.5, 0.6) is 0 Å². The van der Waals surface area contributed by atoms with E-state index >= 15 is 0 Å². The molecular formula is C16H17N3O3. The minimum Gasteiger partial charge on any atom is -0.465 e. The van der Waals surface area contributed by atoms with Crippen molar-refractivity contribution in [3.63, 3.8) is 0 Å². The Morgan fingerprint density at radius 3 is 2.82 bits per heavy atom. The SMILES string of the molecule is N#Cc1ccc2c(c1)CCC(N1CCN(C(=O)O)CC1=O)C2. The predicted octanol–water partition coefficient (Wildman–Crippen LogP) is 1.24. The van der Waals surface area contributed by atoms with Crippen LogP contribution < -0.4 is 0 Å². The number of nitriles is 1. The first-order valence-corrected chi connectivity index (χ1v) is 7.37. The van der Waals surface area contributed by atoms with Gasteiger partial charge in [0.1, 0.15) is 6.54 Å². The van der Waals surface area contributed by atoms with Crippen LogP contribution in [0.3, 0.4) is 0 Å². The van der Waals surface area contributed by atoms with E-state index in [-0.39, 0.29) is 18.5 Å². The predicted molar refractivity (Wildman–Crippen MR) is 78.3 cm³/mol. The van der Waals surface area contributed by atoms with Gasteiger partial charge in [-0.2, -0.15) is 5.26 Å². The van der Waals surface area contributed by atoms with Gasteiger partial charge in [-0.05, 0) is 42.5 Å². The van der Waals surface area contributed by atoms with E-state index in [1.54, 1.807) is 0 Å². The third-order valence-corrected chi connectivity index (χ3v) is 4.51. The lowest BCUT2D eigenvalue weighted by Gasteiger charge is -2.40. The minimum absolute atomic E-state index is 0.0495. The summed E-state index contributed by atoms with van der Waals surface area (Å²) in [5, 5.41) is 17.9. The summed E-state index contributed by atoms with van der Waals surface area (Å²) in [5.74, 6) is -0.115. The van der Waals surface area contributed by atoms with E-state index in [0.29, 0.717) is 18.7 Å². The van der Waals surface area contributed by atoms with Gasteiger partial charge in [-0.1, -0.05) is 6.07 Å². The van der Waals surface area contributed by atoms with Crippen LogP contribution >= 0.6 is 0 Å². The highest BCUT2D eigenvalue weighted by Crippen LogP contribution is 2.26. The van der Waals surface area contributed by atoms with Crippen LogP contribution in [-0.4, -0.2) is 52.6 Å². The topological polar surface area (TPSA) is 84.6 Å². The fourth-order valence-corrected chi connectivity index (χ4v) is 3.31. The number of carbonyl (C=O) groups is 2. The zero-order valence-electron chi connectivity index (χ0n) is 12.2. The van der Waals surface area contributed by atoms with Crippen molar-refractivity contribution in [2.24, 2.45) is 0 Å². The molecule has 1 saturated heterocycles. The highest BCUT2D eigenvalue weighted by molar-refractivity contribution is 5.83. The molecule has 6 heteroatoms. The molecule has 0 aromatic heterocycles. The first kappa shape index (κ1) is 14.4. The van der Waals surface area contributed by atoms with Crippen molar-refractivity contribution >= 4 is 12.0 Å². The number of aryl methyl sites for hydroxylation is 1. The Morgan fingerprint density at radius 2 is 2.14 bits per heavy atom. The summed E-state index contributed by atoms with van der Waals surface area (Å²) in [5.41, 5.74) is 3.04. The number of rotatable bonds is 1. The van der Waals surface area contributed by atoms with Gasteiger partial charge in [0, 0.05) is 19.1 Å². The largest absolute Gasteiger partial charge is 0.465 e. The number of nitrogens with zero attached hydrogens (tertiary/aromatic N) is 3. The van der Waals surface area contributed by atoms with Gasteiger partial charge >= 0.3 is 6.09 Å². The fraction of sp³-hybridized carbons (Fsp3) is 0.438. The fourth-order valence-electron chi connectivity index (χ4n) is 3.31. The van der Waals surface area contributed by atoms with E-state index in [4.69, 9.17) is 10.4 Å². The number of fused-ring (bicyclic) bond motifs is 1. The van der Waals surface area contributed by atoms with E-state index in [0.717, 1.165) is 24.2 Å². The Bertz CT molecular complexity index is 665. The van der Waals surface area contributed by atoms with Crippen LogP contribution in [0.1, 0.15) is 23.1 Å². The van der Waals surface area contributed by atoms with E-state index < -0.39 is 6.09 Å². The van der Waals surface area contributed by atoms with Crippen LogP contribution in [0.4, 0.5) is 4.79 Å². The average molecular weight is 299 g/mol. The summed E-state index contributed by atoms with van der Waals surface area (Å²) in [4.78, 5) is 26.1. The molecule has 1 aliphatic carbocycles. The number of amides is 2. The molecule has 1 N–H and O–H groups in total. The molecule has 22 heavy (non-hydrogen) atoms. The summed E-state index contributed by atoms with van der Waals surface area (Å²) in [7, 11) is 0. The summed E-state index contributed by atoms with van der Waals surface area (Å²) in [6, 6.07) is 7.98. The number of hydrogen-bond donors (Lipinski definition) is 1. The molecule has 1 fully saturated rings. The lowest BCUT2D eigenvalue weighted by Crippen LogP contribution is -2.56. The highest BCUT2D eigenvalue weighted by atomic mass is 16.4. The third-order valence-electron chi connectivity index (χ3n) is 4.51. The number of hydrogen-bond acceptors (Lipinski definition) is 3. The van der Waals surface area contributed by atoms with Crippen molar-refractivity contribution in [2.75, 3.05) is 19.6 Å². The molecule has 6 nitrogen and oxygen atoms in total. The number of benzene rings is 1. The van der Waals surface area contributed by atoms with Crippen LogP contribution in [0.15, 0.2) is 18.2 Å². The summed E-state index contributed by atoms with van der Waals surface area (Å²) in [6.07, 6.45) is 1.45. The quantitative estimate of drug-likeness (QED) is 0.845. The lowest BCUT2D eigenvalue weighted by molar-refractivity contribution is -0.138. The second kappa shape index (κ2) is 5.68. The normalized spacial score (nSPS) is 21.2. The molecule has 3 rings (SSSR count). The molecule has 1 aromatic rings. The van der Waals surface area contributed by atoms with Gasteiger partial charge in [0.25, 0.3) is 0 Å². The monoisotopic (exact) mass is 299 g/mol. The molecule has 1 aromatic carbocycles. The Labute approximate surface area is 128 Å². The molecule has 0 radical (unpaired) electrons. The van der Waals surface area contributed by atoms with Gasteiger partial charge in [0.05, 0.1) is 11.6 Å². The molecule has 0 bridgehead atoms. The van der Waals surface area contributed by atoms with Gasteiger partial charge in [0.15, 0.2) is 0 Å². The van der Waals surface area contributed by atoms with E-state index in [1.807, 2.05) is 23.1 Å². The Balaban J connectivity index is 1.71. The molecule has 1 aliphatic heterocycles. The van der Waals surface area contributed by atoms with Crippen molar-refractivity contribution in [2.45, 2.75) is 25.3 Å². The molecule has 1 atom stereocenters. The maximum absolute atomic E-state index is 12.2. The summed E-state index contributed by atoms with van der Waals surface area (Å²) < 4.78 is 0. The van der Waals surface area contributed by atoms with Crippen LogP contribution in [0, 0.1) is 11.3 Å². The number of carbonyl (C=O) groups excluding carboxylic acids is 1. The molecule has 0 saturated carbocycles. The second-order valence-corrected chi connectivity index (χ2v) is 5.78. The molecule has 2 aliphatic rings. The van der Waals surface area contributed by atoms with E-state index in [2.05, 4.69) is 6.07 Å². The van der Waals surface area contributed by atoms with Crippen molar-refractivity contribution in [1.82, 2.24) is 9.80 Å². The first-order chi connectivity index (χ1) is 10.6. The van der Waals surface area contributed by atoms with Gasteiger partial charge in [-0.25, -0.2) is 4.79 Å². The van der Waals surface area contributed by atoms with Crippen molar-refractivity contribution < 1.29 is 14.7 Å². The van der Waals surface area contributed by atoms with Crippen molar-refractivity contribution in [3.05, 3.63) is 34.9 Å². The Kier molecular flexibility index (Phi) is 3.72. The minimum atomic E-state index is -1.04. The Hall–Kier alpha value is -2.55. The second-order valence-electron chi connectivity index (χ2n) is 5.78. The van der Waals surface area contributed by atoms with Crippen LogP contribution in [-0.2, 0) is 17.6 Å². The molecular weight excluding hydrogens is 282 g/mol. The van der Waals surface area contributed by atoms with Gasteiger partial charge in [0.2, 0.25) is 5.91 Å². The van der Waals surface area contributed by atoms with Crippen LogP contribution in [0.25, 0.3) is 0 Å². The summed E-state index contributed by atoms with van der Waals surface area (Å²) >= 11 is 0. The average Bonchev–Trinajstić information content (AvgIpc) is 2.53. The molecule has 1 unspecified atom stereocenters. The summed E-state index contributed by atoms with van der Waals surface area (Å²) in [6.45, 7) is 0.783. The highest BCUT2D eigenvalue weighted by Gasteiger charge is 2.33. The van der Waals surface area contributed by atoms with Crippen LogP contribution in [0.2, 0.25) is 0 Å². The molecule has 114 valence electrons. The van der Waals surface area contributed by atoms with Crippen molar-refractivity contribution in [1.29, 1.82) is 5.26 Å². The molecule has 0 spiro atoms. The molecule has 1 heterocycles. The maximum Gasteiger partial charge on any atom is 0.407 e. The van der Waals surface area contributed by atoms with E-state index in [1.165, 1.54) is 11.1 Å². The van der Waals surface area contributed by atoms with Gasteiger partial charge in [-0.3, -0.25) is 9.69 Å². The smallest absolute Gasteiger partial charge is 0.407 e. The first-order valence-electron chi connectivity index (χ1n) is 7.37. The maximum atomic E-state index is 12.2. The van der Waals surface area contributed by atoms with Crippen molar-refractivity contribution in [3.8, 4) is 6.07 Å².